The Morgan fingerprint density at radius 2 is 2.28 bits per heavy atom. The fraction of sp³-hybridized carbons (Fsp3) is 0.364. The summed E-state index contributed by atoms with van der Waals surface area (Å²) in [6, 6.07) is 2.80. The molecule has 1 unspecified atom stereocenters. The highest BCUT2D eigenvalue weighted by atomic mass is 19.1. The number of non-ortho nitro benzene ring substituents is 1. The first-order valence-corrected chi connectivity index (χ1v) is 5.20. The van der Waals surface area contributed by atoms with Gasteiger partial charge in [-0.25, -0.2) is 4.39 Å². The first kappa shape index (κ1) is 14.0. The van der Waals surface area contributed by atoms with Gasteiger partial charge in [-0.05, 0) is 13.0 Å². The lowest BCUT2D eigenvalue weighted by atomic mass is 10.1. The van der Waals surface area contributed by atoms with Gasteiger partial charge in [0.25, 0.3) is 11.6 Å². The summed E-state index contributed by atoms with van der Waals surface area (Å²) in [5.41, 5.74) is -0.686. The summed E-state index contributed by atoms with van der Waals surface area (Å²) < 4.78 is 18.3. The summed E-state index contributed by atoms with van der Waals surface area (Å²) in [7, 11) is 1.48. The van der Waals surface area contributed by atoms with Gasteiger partial charge in [0.2, 0.25) is 0 Å². The number of nitro benzene ring substituents is 1. The molecule has 1 aromatic carbocycles. The van der Waals surface area contributed by atoms with E-state index in [1.165, 1.54) is 7.11 Å². The van der Waals surface area contributed by atoms with Crippen LogP contribution in [0.3, 0.4) is 0 Å². The Hall–Kier alpha value is -2.02. The van der Waals surface area contributed by atoms with E-state index >= 15 is 0 Å². The van der Waals surface area contributed by atoms with Gasteiger partial charge in [-0.2, -0.15) is 0 Å². The van der Waals surface area contributed by atoms with Crippen LogP contribution in [0.4, 0.5) is 10.1 Å². The van der Waals surface area contributed by atoms with Crippen molar-refractivity contribution in [1.82, 2.24) is 5.32 Å². The first-order valence-electron chi connectivity index (χ1n) is 5.20. The highest BCUT2D eigenvalue weighted by Gasteiger charge is 2.17. The second-order valence-electron chi connectivity index (χ2n) is 3.68. The summed E-state index contributed by atoms with van der Waals surface area (Å²) in [6.45, 7) is 1.92. The number of hydrogen-bond donors (Lipinski definition) is 1. The van der Waals surface area contributed by atoms with Gasteiger partial charge in [0.05, 0.1) is 16.6 Å². The van der Waals surface area contributed by atoms with Crippen molar-refractivity contribution < 1.29 is 18.8 Å². The van der Waals surface area contributed by atoms with Gasteiger partial charge < -0.3 is 10.1 Å². The number of ether oxygens (including phenoxy) is 1. The van der Waals surface area contributed by atoms with Crippen LogP contribution >= 0.6 is 0 Å². The maximum Gasteiger partial charge on any atom is 0.270 e. The van der Waals surface area contributed by atoms with Crippen LogP contribution in [0, 0.1) is 15.9 Å². The van der Waals surface area contributed by atoms with Crippen molar-refractivity contribution in [2.75, 3.05) is 13.7 Å². The average Bonchev–Trinajstić information content (AvgIpc) is 2.35. The summed E-state index contributed by atoms with van der Waals surface area (Å²) in [5.74, 6) is -1.51. The molecule has 0 heterocycles. The van der Waals surface area contributed by atoms with Crippen LogP contribution in [0.1, 0.15) is 17.3 Å². The Morgan fingerprint density at radius 1 is 1.61 bits per heavy atom. The second-order valence-corrected chi connectivity index (χ2v) is 3.68. The van der Waals surface area contributed by atoms with Gasteiger partial charge in [0, 0.05) is 25.8 Å². The van der Waals surface area contributed by atoms with E-state index < -0.39 is 16.6 Å². The molecule has 0 aliphatic rings. The van der Waals surface area contributed by atoms with Crippen molar-refractivity contribution in [3.63, 3.8) is 0 Å². The van der Waals surface area contributed by atoms with Crippen molar-refractivity contribution in [2.45, 2.75) is 13.0 Å². The number of carbonyl (C=O) groups is 1. The van der Waals surface area contributed by atoms with Crippen molar-refractivity contribution >= 4 is 11.6 Å². The summed E-state index contributed by atoms with van der Waals surface area (Å²) in [5, 5.41) is 13.0. The molecule has 0 saturated heterocycles. The molecule has 98 valence electrons. The van der Waals surface area contributed by atoms with E-state index in [0.29, 0.717) is 0 Å². The average molecular weight is 256 g/mol. The molecule has 1 aromatic rings. The first-order chi connectivity index (χ1) is 8.45. The number of methoxy groups -OCH3 is 1. The van der Waals surface area contributed by atoms with E-state index in [-0.39, 0.29) is 23.9 Å². The predicted molar refractivity (Wildman–Crippen MR) is 61.9 cm³/mol. The van der Waals surface area contributed by atoms with Crippen LogP contribution in [0.5, 0.6) is 0 Å². The minimum Gasteiger partial charge on any atom is -0.380 e. The number of carbonyl (C=O) groups excluding carboxylic acids is 1. The van der Waals surface area contributed by atoms with Crippen LogP contribution in [0.25, 0.3) is 0 Å². The molecule has 0 radical (unpaired) electrons. The van der Waals surface area contributed by atoms with Crippen LogP contribution in [0.15, 0.2) is 18.2 Å². The molecule has 7 heteroatoms. The molecule has 0 saturated carbocycles. The van der Waals surface area contributed by atoms with E-state index in [4.69, 9.17) is 4.74 Å². The number of benzene rings is 1. The Labute approximate surface area is 103 Å². The van der Waals surface area contributed by atoms with E-state index in [1.54, 1.807) is 6.92 Å². The SMILES string of the molecule is COC(C)CNC(=O)c1cc([N+](=O)[O-])ccc1F. The normalized spacial score (nSPS) is 11.9. The minimum absolute atomic E-state index is 0.192. The Bertz CT molecular complexity index is 464. The number of nitrogens with zero attached hydrogens (tertiary/aromatic N) is 1. The maximum atomic E-state index is 13.4. The number of halogens is 1. The quantitative estimate of drug-likeness (QED) is 0.639. The number of amides is 1. The molecule has 0 bridgehead atoms. The minimum atomic E-state index is -0.803. The van der Waals surface area contributed by atoms with Crippen molar-refractivity contribution in [3.05, 3.63) is 39.7 Å². The molecule has 1 rings (SSSR count). The number of rotatable bonds is 5. The number of nitrogens with one attached hydrogen (secondary N) is 1. The molecule has 18 heavy (non-hydrogen) atoms. The molecule has 0 aliphatic heterocycles. The molecule has 1 N–H and O–H groups in total. The summed E-state index contributed by atoms with van der Waals surface area (Å²) in [6.07, 6.45) is -0.226. The fourth-order valence-corrected chi connectivity index (χ4v) is 1.22. The molecular weight excluding hydrogens is 243 g/mol. The lowest BCUT2D eigenvalue weighted by molar-refractivity contribution is -0.384. The number of hydrogen-bond acceptors (Lipinski definition) is 4. The van der Waals surface area contributed by atoms with E-state index in [2.05, 4.69) is 5.32 Å². The Balaban J connectivity index is 2.84. The third-order valence-electron chi connectivity index (χ3n) is 2.36. The van der Waals surface area contributed by atoms with E-state index in [0.717, 1.165) is 18.2 Å². The zero-order valence-electron chi connectivity index (χ0n) is 9.97. The highest BCUT2D eigenvalue weighted by Crippen LogP contribution is 2.16. The fourth-order valence-electron chi connectivity index (χ4n) is 1.22. The lowest BCUT2D eigenvalue weighted by Gasteiger charge is -2.10. The van der Waals surface area contributed by atoms with Crippen LogP contribution in [-0.4, -0.2) is 30.6 Å². The predicted octanol–water partition coefficient (Wildman–Crippen LogP) is 1.50. The summed E-state index contributed by atoms with van der Waals surface area (Å²) >= 11 is 0. The van der Waals surface area contributed by atoms with Crippen molar-refractivity contribution in [1.29, 1.82) is 0 Å². The zero-order valence-corrected chi connectivity index (χ0v) is 9.97. The second kappa shape index (κ2) is 6.06. The van der Waals surface area contributed by atoms with Gasteiger partial charge >= 0.3 is 0 Å². The molecule has 0 aliphatic carbocycles. The van der Waals surface area contributed by atoms with Gasteiger partial charge in [-0.3, -0.25) is 14.9 Å². The van der Waals surface area contributed by atoms with E-state index in [9.17, 15) is 19.3 Å². The van der Waals surface area contributed by atoms with Gasteiger partial charge in [-0.15, -0.1) is 0 Å². The summed E-state index contributed by atoms with van der Waals surface area (Å²) in [4.78, 5) is 21.5. The van der Waals surface area contributed by atoms with Gasteiger partial charge in [-0.1, -0.05) is 0 Å². The molecule has 1 amide bonds. The molecule has 1 atom stereocenters. The largest absolute Gasteiger partial charge is 0.380 e. The lowest BCUT2D eigenvalue weighted by Crippen LogP contribution is -2.32. The molecule has 0 spiro atoms. The van der Waals surface area contributed by atoms with E-state index in [1.807, 2.05) is 0 Å². The molecule has 6 nitrogen and oxygen atoms in total. The van der Waals surface area contributed by atoms with Gasteiger partial charge in [0.1, 0.15) is 5.82 Å². The van der Waals surface area contributed by atoms with Crippen molar-refractivity contribution in [2.24, 2.45) is 0 Å². The topological polar surface area (TPSA) is 81.5 Å². The number of nitro groups is 1. The Kier molecular flexibility index (Phi) is 4.73. The van der Waals surface area contributed by atoms with Gasteiger partial charge in [0.15, 0.2) is 0 Å². The van der Waals surface area contributed by atoms with Crippen LogP contribution in [-0.2, 0) is 4.74 Å². The Morgan fingerprint density at radius 3 is 2.83 bits per heavy atom. The van der Waals surface area contributed by atoms with Crippen LogP contribution in [0.2, 0.25) is 0 Å². The third-order valence-corrected chi connectivity index (χ3v) is 2.36. The smallest absolute Gasteiger partial charge is 0.270 e. The highest BCUT2D eigenvalue weighted by molar-refractivity contribution is 5.95. The zero-order chi connectivity index (χ0) is 13.7. The van der Waals surface area contributed by atoms with Crippen molar-refractivity contribution in [3.8, 4) is 0 Å². The maximum absolute atomic E-state index is 13.4. The third kappa shape index (κ3) is 3.49. The van der Waals surface area contributed by atoms with Crippen LogP contribution < -0.4 is 5.32 Å². The molecule has 0 fully saturated rings. The monoisotopic (exact) mass is 256 g/mol. The molecule has 0 aromatic heterocycles. The standard InChI is InChI=1S/C11H13FN2O4/c1-7(18-2)6-13-11(15)9-5-8(14(16)17)3-4-10(9)12/h3-5,7H,6H2,1-2H3,(H,13,15). The molecular formula is C11H13FN2O4.